The first-order valence-corrected chi connectivity index (χ1v) is 4.99. The van der Waals surface area contributed by atoms with Crippen LogP contribution in [0.5, 0.6) is 0 Å². The number of halogens is 2. The van der Waals surface area contributed by atoms with E-state index < -0.39 is 5.92 Å². The molecular formula is C9H9F2NS. The Labute approximate surface area is 79.3 Å². The second kappa shape index (κ2) is 2.87. The maximum Gasteiger partial charge on any atom is 0.275 e. The summed E-state index contributed by atoms with van der Waals surface area (Å²) in [5.41, 5.74) is 6.16. The van der Waals surface area contributed by atoms with Crippen molar-refractivity contribution in [1.82, 2.24) is 0 Å². The monoisotopic (exact) mass is 201 g/mol. The fraction of sp³-hybridized carbons (Fsp3) is 0.333. The number of nitrogens with two attached hydrogens (primary N) is 1. The molecule has 0 unspecified atom stereocenters. The molecular weight excluding hydrogens is 192 g/mol. The van der Waals surface area contributed by atoms with Crippen LogP contribution < -0.4 is 5.73 Å². The Balaban J connectivity index is 2.58. The van der Waals surface area contributed by atoms with Crippen molar-refractivity contribution in [3.8, 4) is 0 Å². The Bertz CT molecular complexity index is 338. The van der Waals surface area contributed by atoms with Crippen molar-refractivity contribution in [2.75, 3.05) is 11.5 Å². The van der Waals surface area contributed by atoms with Gasteiger partial charge in [-0.05, 0) is 6.07 Å². The van der Waals surface area contributed by atoms with Gasteiger partial charge in [0.05, 0.1) is 0 Å². The lowest BCUT2D eigenvalue weighted by molar-refractivity contribution is -0.0114. The lowest BCUT2D eigenvalue weighted by Gasteiger charge is -2.25. The molecule has 1 aromatic carbocycles. The van der Waals surface area contributed by atoms with Crippen molar-refractivity contribution >= 4 is 17.4 Å². The van der Waals surface area contributed by atoms with Crippen molar-refractivity contribution in [3.05, 3.63) is 23.8 Å². The maximum absolute atomic E-state index is 13.3. The summed E-state index contributed by atoms with van der Waals surface area (Å²) in [4.78, 5) is 0.554. The summed E-state index contributed by atoms with van der Waals surface area (Å²) >= 11 is 1.41. The van der Waals surface area contributed by atoms with Gasteiger partial charge in [-0.25, -0.2) is 8.78 Å². The minimum atomic E-state index is -2.70. The fourth-order valence-electron chi connectivity index (χ4n) is 1.42. The van der Waals surface area contributed by atoms with Crippen molar-refractivity contribution in [2.45, 2.75) is 17.2 Å². The summed E-state index contributed by atoms with van der Waals surface area (Å²) in [6, 6.07) is 4.69. The van der Waals surface area contributed by atoms with E-state index in [2.05, 4.69) is 0 Å². The van der Waals surface area contributed by atoms with E-state index in [-0.39, 0.29) is 12.0 Å². The highest BCUT2D eigenvalue weighted by Gasteiger charge is 2.37. The van der Waals surface area contributed by atoms with Crippen LogP contribution in [0, 0.1) is 0 Å². The number of hydrogen-bond donors (Lipinski definition) is 1. The highest BCUT2D eigenvalue weighted by molar-refractivity contribution is 7.99. The molecule has 0 fully saturated rings. The smallest absolute Gasteiger partial charge is 0.275 e. The summed E-state index contributed by atoms with van der Waals surface area (Å²) < 4.78 is 26.6. The zero-order valence-electron chi connectivity index (χ0n) is 6.89. The number of alkyl halides is 2. The molecule has 1 aliphatic rings. The minimum Gasteiger partial charge on any atom is -0.398 e. The third-order valence-electron chi connectivity index (χ3n) is 2.10. The van der Waals surface area contributed by atoms with Gasteiger partial charge >= 0.3 is 0 Å². The van der Waals surface area contributed by atoms with Gasteiger partial charge in [0, 0.05) is 28.3 Å². The van der Waals surface area contributed by atoms with E-state index in [1.54, 1.807) is 12.1 Å². The molecule has 1 aromatic rings. The fourth-order valence-corrected chi connectivity index (χ4v) is 2.59. The Morgan fingerprint density at radius 3 is 2.85 bits per heavy atom. The quantitative estimate of drug-likeness (QED) is 0.653. The molecule has 0 bridgehead atoms. The van der Waals surface area contributed by atoms with E-state index in [9.17, 15) is 8.78 Å². The molecule has 70 valence electrons. The highest BCUT2D eigenvalue weighted by atomic mass is 32.2. The average molecular weight is 201 g/mol. The van der Waals surface area contributed by atoms with Crippen LogP contribution in [0.1, 0.15) is 12.0 Å². The molecule has 0 saturated heterocycles. The van der Waals surface area contributed by atoms with Gasteiger partial charge in [0.15, 0.2) is 0 Å². The maximum atomic E-state index is 13.3. The molecule has 13 heavy (non-hydrogen) atoms. The van der Waals surface area contributed by atoms with Crippen LogP contribution in [0.25, 0.3) is 0 Å². The van der Waals surface area contributed by atoms with Gasteiger partial charge in [-0.1, -0.05) is 12.1 Å². The second-order valence-corrected chi connectivity index (χ2v) is 4.13. The zero-order chi connectivity index (χ0) is 9.47. The van der Waals surface area contributed by atoms with Crippen LogP contribution in [0.4, 0.5) is 14.5 Å². The summed E-state index contributed by atoms with van der Waals surface area (Å²) in [5.74, 6) is -2.26. The van der Waals surface area contributed by atoms with E-state index in [4.69, 9.17) is 5.73 Å². The number of benzene rings is 1. The number of rotatable bonds is 0. The first-order chi connectivity index (χ1) is 6.11. The number of anilines is 1. The SMILES string of the molecule is Nc1cccc2c1SCCC2(F)F. The van der Waals surface area contributed by atoms with E-state index in [1.165, 1.54) is 17.8 Å². The predicted molar refractivity (Wildman–Crippen MR) is 50.1 cm³/mol. The van der Waals surface area contributed by atoms with Gasteiger partial charge in [-0.3, -0.25) is 0 Å². The number of hydrogen-bond acceptors (Lipinski definition) is 2. The molecule has 0 spiro atoms. The summed E-state index contributed by atoms with van der Waals surface area (Å²) in [6.45, 7) is 0. The molecule has 2 rings (SSSR count). The van der Waals surface area contributed by atoms with Gasteiger partial charge in [0.25, 0.3) is 5.92 Å². The normalized spacial score (nSPS) is 19.5. The third kappa shape index (κ3) is 1.39. The van der Waals surface area contributed by atoms with Crippen molar-refractivity contribution in [3.63, 3.8) is 0 Å². The number of nitrogen functional groups attached to an aromatic ring is 1. The summed E-state index contributed by atoms with van der Waals surface area (Å²) in [6.07, 6.45) is -0.0892. The lowest BCUT2D eigenvalue weighted by Crippen LogP contribution is -2.20. The molecule has 0 atom stereocenters. The van der Waals surface area contributed by atoms with E-state index in [1.807, 2.05) is 0 Å². The number of thioether (sulfide) groups is 1. The molecule has 0 aliphatic carbocycles. The molecule has 0 radical (unpaired) electrons. The Morgan fingerprint density at radius 2 is 2.15 bits per heavy atom. The molecule has 4 heteroatoms. The summed E-state index contributed by atoms with van der Waals surface area (Å²) in [5, 5.41) is 0. The largest absolute Gasteiger partial charge is 0.398 e. The lowest BCUT2D eigenvalue weighted by atomic mass is 10.1. The van der Waals surface area contributed by atoms with Gasteiger partial charge in [0.2, 0.25) is 0 Å². The van der Waals surface area contributed by atoms with Crippen LogP contribution >= 0.6 is 11.8 Å². The van der Waals surface area contributed by atoms with E-state index in [0.29, 0.717) is 16.3 Å². The van der Waals surface area contributed by atoms with E-state index in [0.717, 1.165) is 0 Å². The average Bonchev–Trinajstić information content (AvgIpc) is 2.06. The van der Waals surface area contributed by atoms with Crippen LogP contribution in [0.2, 0.25) is 0 Å². The van der Waals surface area contributed by atoms with Crippen LogP contribution in [-0.2, 0) is 5.92 Å². The van der Waals surface area contributed by atoms with Crippen molar-refractivity contribution < 1.29 is 8.78 Å². The van der Waals surface area contributed by atoms with Gasteiger partial charge < -0.3 is 5.73 Å². The number of fused-ring (bicyclic) bond motifs is 1. The zero-order valence-corrected chi connectivity index (χ0v) is 7.70. The summed E-state index contributed by atoms with van der Waals surface area (Å²) in [7, 11) is 0. The van der Waals surface area contributed by atoms with E-state index >= 15 is 0 Å². The predicted octanol–water partition coefficient (Wildman–Crippen LogP) is 2.86. The molecule has 1 aliphatic heterocycles. The molecule has 1 heterocycles. The highest BCUT2D eigenvalue weighted by Crippen LogP contribution is 2.45. The molecule has 1 nitrogen and oxygen atoms in total. The van der Waals surface area contributed by atoms with Crippen LogP contribution in [0.3, 0.4) is 0 Å². The topological polar surface area (TPSA) is 26.0 Å². The van der Waals surface area contributed by atoms with Gasteiger partial charge in [0.1, 0.15) is 0 Å². The van der Waals surface area contributed by atoms with Crippen molar-refractivity contribution in [1.29, 1.82) is 0 Å². The Kier molecular flexibility index (Phi) is 1.95. The first kappa shape index (κ1) is 8.81. The molecule has 2 N–H and O–H groups in total. The Hall–Kier alpha value is -0.770. The molecule has 0 amide bonds. The minimum absolute atomic E-state index is 0.0868. The molecule has 0 aromatic heterocycles. The van der Waals surface area contributed by atoms with Crippen LogP contribution in [0.15, 0.2) is 23.1 Å². The Morgan fingerprint density at radius 1 is 1.38 bits per heavy atom. The second-order valence-electron chi connectivity index (χ2n) is 3.03. The third-order valence-corrected chi connectivity index (χ3v) is 3.25. The van der Waals surface area contributed by atoms with Gasteiger partial charge in [-0.15, -0.1) is 11.8 Å². The van der Waals surface area contributed by atoms with Gasteiger partial charge in [-0.2, -0.15) is 0 Å². The van der Waals surface area contributed by atoms with Crippen LogP contribution in [-0.4, -0.2) is 5.75 Å². The standard InChI is InChI=1S/C9H9F2NS/c10-9(11)4-5-13-8-6(9)2-1-3-7(8)12/h1-3H,4-5,12H2. The first-order valence-electron chi connectivity index (χ1n) is 4.01. The van der Waals surface area contributed by atoms with Crippen molar-refractivity contribution in [2.24, 2.45) is 0 Å². The molecule has 0 saturated carbocycles.